The lowest BCUT2D eigenvalue weighted by atomic mass is 10.1. The van der Waals surface area contributed by atoms with Gasteiger partial charge in [0.05, 0.1) is 17.9 Å². The summed E-state index contributed by atoms with van der Waals surface area (Å²) in [7, 11) is 1.41. The van der Waals surface area contributed by atoms with E-state index in [0.717, 1.165) is 0 Å². The second kappa shape index (κ2) is 6.52. The average Bonchev–Trinajstić information content (AvgIpc) is 2.53. The van der Waals surface area contributed by atoms with Crippen LogP contribution in [0.1, 0.15) is 18.1 Å². The first-order valence-corrected chi connectivity index (χ1v) is 6.68. The summed E-state index contributed by atoms with van der Waals surface area (Å²) >= 11 is 0. The molecule has 0 saturated carbocycles. The smallest absolute Gasteiger partial charge is 0.421 e. The molecule has 0 aliphatic rings. The number of nitriles is 1. The zero-order chi connectivity index (χ0) is 17.0. The number of nitrogens with zero attached hydrogens (tertiary/aromatic N) is 4. The number of hydrogen-bond donors (Lipinski definition) is 0. The molecular formula is C15H13F3N4O. The van der Waals surface area contributed by atoms with Crippen molar-refractivity contribution in [3.63, 3.8) is 0 Å². The summed E-state index contributed by atoms with van der Waals surface area (Å²) in [5, 5.41) is 9.13. The second-order valence-electron chi connectivity index (χ2n) is 4.51. The van der Waals surface area contributed by atoms with Crippen LogP contribution in [0.2, 0.25) is 0 Å². The Hall–Kier alpha value is -2.82. The first kappa shape index (κ1) is 16.5. The molecule has 0 radical (unpaired) electrons. The minimum atomic E-state index is -4.63. The lowest BCUT2D eigenvalue weighted by Crippen LogP contribution is -2.20. The van der Waals surface area contributed by atoms with E-state index in [0.29, 0.717) is 11.9 Å². The van der Waals surface area contributed by atoms with Crippen LogP contribution in [-0.4, -0.2) is 23.6 Å². The SMILES string of the molecule is CCOc1ncc(C(F)(F)F)c(N(C)c2ccccc2C#N)n1. The summed E-state index contributed by atoms with van der Waals surface area (Å²) in [6.45, 7) is 1.90. The van der Waals surface area contributed by atoms with Crippen LogP contribution in [0.15, 0.2) is 30.5 Å². The number of benzene rings is 1. The van der Waals surface area contributed by atoms with Crippen molar-refractivity contribution in [1.82, 2.24) is 9.97 Å². The number of alkyl halides is 3. The minimum absolute atomic E-state index is 0.156. The zero-order valence-corrected chi connectivity index (χ0v) is 12.4. The normalized spacial score (nSPS) is 11.0. The highest BCUT2D eigenvalue weighted by molar-refractivity contribution is 5.68. The summed E-state index contributed by atoms with van der Waals surface area (Å²) in [5.74, 6) is -0.376. The van der Waals surface area contributed by atoms with E-state index in [9.17, 15) is 13.2 Å². The molecule has 2 rings (SSSR count). The van der Waals surface area contributed by atoms with Crippen molar-refractivity contribution in [2.45, 2.75) is 13.1 Å². The predicted molar refractivity (Wildman–Crippen MR) is 77.4 cm³/mol. The molecule has 2 aromatic rings. The predicted octanol–water partition coefficient (Wildman–Crippen LogP) is 3.53. The molecule has 0 fully saturated rings. The van der Waals surface area contributed by atoms with Gasteiger partial charge < -0.3 is 9.64 Å². The fraction of sp³-hybridized carbons (Fsp3) is 0.267. The Morgan fingerprint density at radius 2 is 2.00 bits per heavy atom. The quantitative estimate of drug-likeness (QED) is 0.861. The lowest BCUT2D eigenvalue weighted by molar-refractivity contribution is -0.137. The first-order chi connectivity index (χ1) is 10.9. The number of hydrogen-bond acceptors (Lipinski definition) is 5. The van der Waals surface area contributed by atoms with E-state index >= 15 is 0 Å². The summed E-state index contributed by atoms with van der Waals surface area (Å²) in [5.41, 5.74) is -0.461. The average molecular weight is 322 g/mol. The maximum atomic E-state index is 13.2. The van der Waals surface area contributed by atoms with Gasteiger partial charge in [0, 0.05) is 13.2 Å². The van der Waals surface area contributed by atoms with Crippen LogP contribution in [-0.2, 0) is 6.18 Å². The van der Waals surface area contributed by atoms with E-state index in [1.165, 1.54) is 18.0 Å². The van der Waals surface area contributed by atoms with Crippen LogP contribution in [0.25, 0.3) is 0 Å². The third-order valence-electron chi connectivity index (χ3n) is 3.03. The fourth-order valence-corrected chi connectivity index (χ4v) is 1.99. The number of ether oxygens (including phenoxy) is 1. The zero-order valence-electron chi connectivity index (χ0n) is 12.4. The molecule has 0 unspecified atom stereocenters. The van der Waals surface area contributed by atoms with Crippen molar-refractivity contribution < 1.29 is 17.9 Å². The van der Waals surface area contributed by atoms with Gasteiger partial charge >= 0.3 is 12.2 Å². The number of aromatic nitrogens is 2. The van der Waals surface area contributed by atoms with Gasteiger partial charge in [-0.25, -0.2) is 4.98 Å². The van der Waals surface area contributed by atoms with Gasteiger partial charge in [-0.2, -0.15) is 23.4 Å². The van der Waals surface area contributed by atoms with Crippen molar-refractivity contribution in [2.75, 3.05) is 18.6 Å². The molecule has 0 atom stereocenters. The summed E-state index contributed by atoms with van der Waals surface area (Å²) in [6.07, 6.45) is -3.95. The topological polar surface area (TPSA) is 62.0 Å². The maximum absolute atomic E-state index is 13.2. The molecule has 0 saturated heterocycles. The standard InChI is InChI=1S/C15H13F3N4O/c1-3-23-14-20-9-11(15(16,17)18)13(21-14)22(2)12-7-5-4-6-10(12)8-19/h4-7,9H,3H2,1-2H3. The Morgan fingerprint density at radius 3 is 2.61 bits per heavy atom. The molecule has 0 N–H and O–H groups in total. The summed E-state index contributed by atoms with van der Waals surface area (Å²) < 4.78 is 44.7. The van der Waals surface area contributed by atoms with Crippen LogP contribution >= 0.6 is 0 Å². The fourth-order valence-electron chi connectivity index (χ4n) is 1.99. The Bertz CT molecular complexity index is 740. The van der Waals surface area contributed by atoms with Crippen LogP contribution in [0.3, 0.4) is 0 Å². The highest BCUT2D eigenvalue weighted by atomic mass is 19.4. The highest BCUT2D eigenvalue weighted by Crippen LogP contribution is 2.38. The lowest BCUT2D eigenvalue weighted by Gasteiger charge is -2.23. The van der Waals surface area contributed by atoms with E-state index in [4.69, 9.17) is 10.00 Å². The number of rotatable bonds is 4. The van der Waals surface area contributed by atoms with Crippen LogP contribution in [0.5, 0.6) is 6.01 Å². The van der Waals surface area contributed by atoms with Crippen LogP contribution in [0.4, 0.5) is 24.7 Å². The van der Waals surface area contributed by atoms with E-state index in [1.807, 2.05) is 6.07 Å². The van der Waals surface area contributed by atoms with Gasteiger partial charge in [0.25, 0.3) is 0 Å². The molecule has 0 aliphatic heterocycles. The van der Waals surface area contributed by atoms with Crippen molar-refractivity contribution in [2.24, 2.45) is 0 Å². The maximum Gasteiger partial charge on any atom is 0.421 e. The number of para-hydroxylation sites is 1. The van der Waals surface area contributed by atoms with Crippen LogP contribution < -0.4 is 9.64 Å². The van der Waals surface area contributed by atoms with Crippen molar-refractivity contribution in [3.8, 4) is 12.1 Å². The number of halogens is 3. The first-order valence-electron chi connectivity index (χ1n) is 6.68. The molecule has 8 heteroatoms. The molecule has 0 amide bonds. The second-order valence-corrected chi connectivity index (χ2v) is 4.51. The molecule has 1 heterocycles. The summed E-state index contributed by atoms with van der Waals surface area (Å²) in [6, 6.07) is 8.11. The van der Waals surface area contributed by atoms with Gasteiger partial charge in [-0.15, -0.1) is 0 Å². The van der Waals surface area contributed by atoms with Gasteiger partial charge in [0.2, 0.25) is 0 Å². The molecule has 1 aromatic carbocycles. The Kier molecular flexibility index (Phi) is 4.69. The molecule has 120 valence electrons. The van der Waals surface area contributed by atoms with Gasteiger partial charge in [-0.1, -0.05) is 12.1 Å². The number of anilines is 2. The summed E-state index contributed by atoms with van der Waals surface area (Å²) in [4.78, 5) is 8.61. The molecular weight excluding hydrogens is 309 g/mol. The van der Waals surface area contributed by atoms with Gasteiger partial charge in [-0.05, 0) is 19.1 Å². The largest absolute Gasteiger partial charge is 0.464 e. The Morgan fingerprint density at radius 1 is 1.30 bits per heavy atom. The van der Waals surface area contributed by atoms with Crippen molar-refractivity contribution >= 4 is 11.5 Å². The van der Waals surface area contributed by atoms with Gasteiger partial charge in [-0.3, -0.25) is 0 Å². The molecule has 0 bridgehead atoms. The van der Waals surface area contributed by atoms with E-state index in [-0.39, 0.29) is 24.0 Å². The molecule has 5 nitrogen and oxygen atoms in total. The Labute approximate surface area is 131 Å². The third kappa shape index (κ3) is 3.51. The van der Waals surface area contributed by atoms with E-state index < -0.39 is 11.7 Å². The van der Waals surface area contributed by atoms with Gasteiger partial charge in [0.15, 0.2) is 5.82 Å². The highest BCUT2D eigenvalue weighted by Gasteiger charge is 2.37. The third-order valence-corrected chi connectivity index (χ3v) is 3.03. The van der Waals surface area contributed by atoms with E-state index in [1.54, 1.807) is 25.1 Å². The molecule has 0 spiro atoms. The monoisotopic (exact) mass is 322 g/mol. The Balaban J connectivity index is 2.59. The van der Waals surface area contributed by atoms with Crippen molar-refractivity contribution in [3.05, 3.63) is 41.6 Å². The van der Waals surface area contributed by atoms with Crippen molar-refractivity contribution in [1.29, 1.82) is 5.26 Å². The molecule has 23 heavy (non-hydrogen) atoms. The van der Waals surface area contributed by atoms with E-state index in [2.05, 4.69) is 9.97 Å². The molecule has 0 aliphatic carbocycles. The minimum Gasteiger partial charge on any atom is -0.464 e. The van der Waals surface area contributed by atoms with Gasteiger partial charge in [0.1, 0.15) is 11.6 Å². The molecule has 1 aromatic heterocycles. The van der Waals surface area contributed by atoms with Crippen LogP contribution in [0, 0.1) is 11.3 Å².